The summed E-state index contributed by atoms with van der Waals surface area (Å²) in [4.78, 5) is 73.2. The van der Waals surface area contributed by atoms with Crippen molar-refractivity contribution in [3.63, 3.8) is 0 Å². The summed E-state index contributed by atoms with van der Waals surface area (Å²) in [5, 5.41) is 11.3. The molecule has 0 spiro atoms. The molecule has 1 unspecified atom stereocenters. The summed E-state index contributed by atoms with van der Waals surface area (Å²) in [5.41, 5.74) is -3.17. The highest BCUT2D eigenvalue weighted by molar-refractivity contribution is 6.00. The van der Waals surface area contributed by atoms with Crippen molar-refractivity contribution >= 4 is 29.6 Å². The van der Waals surface area contributed by atoms with Crippen molar-refractivity contribution in [3.05, 3.63) is 30.4 Å². The molecular weight excluding hydrogens is 666 g/mol. The predicted octanol–water partition coefficient (Wildman–Crippen LogP) is 3.10. The molecule has 1 N–H and O–H groups in total. The Balaban J connectivity index is 2.19. The first-order chi connectivity index (χ1) is 23.8. The molecule has 2 aliphatic rings. The number of hydrogen-bond donors (Lipinski definition) is 1. The fraction of sp³-hybridized carbons (Fsp3) is 0.722. The number of Topliss-reactive ketones (excluding diaryl/α,β-unsaturated/α-hetero) is 2. The largest absolute Gasteiger partial charge is 0.461 e. The molecule has 1 saturated heterocycles. The van der Waals surface area contributed by atoms with Crippen LogP contribution in [0.2, 0.25) is 0 Å². The molecule has 1 fully saturated rings. The van der Waals surface area contributed by atoms with E-state index in [0.717, 1.165) is 4.57 Å². The van der Waals surface area contributed by atoms with Crippen molar-refractivity contribution in [2.75, 3.05) is 27.8 Å². The highest BCUT2D eigenvalue weighted by atomic mass is 16.7. The van der Waals surface area contributed by atoms with Crippen LogP contribution in [0.3, 0.4) is 0 Å². The first kappa shape index (κ1) is 41.9. The summed E-state index contributed by atoms with van der Waals surface area (Å²) in [6.45, 7) is 12.1. The summed E-state index contributed by atoms with van der Waals surface area (Å²) in [7, 11) is 5.10. The molecule has 3 rings (SSSR count). The highest BCUT2D eigenvalue weighted by Crippen LogP contribution is 2.38. The summed E-state index contributed by atoms with van der Waals surface area (Å²) < 4.78 is 36.8. The highest BCUT2D eigenvalue weighted by Gasteiger charge is 2.50. The lowest BCUT2D eigenvalue weighted by Crippen LogP contribution is -2.59. The number of ether oxygens (including phenoxy) is 6. The van der Waals surface area contributed by atoms with Gasteiger partial charge in [0.25, 0.3) is 0 Å². The number of nitrogens with zero attached hydrogens (tertiary/aromatic N) is 3. The molecule has 51 heavy (non-hydrogen) atoms. The maximum Gasteiger partial charge on any atom is 0.420 e. The maximum atomic E-state index is 14.3. The number of imidazole rings is 1. The van der Waals surface area contributed by atoms with Crippen LogP contribution in [0.25, 0.3) is 0 Å². The number of methoxy groups -OCH3 is 1. The van der Waals surface area contributed by atoms with E-state index >= 15 is 0 Å². The van der Waals surface area contributed by atoms with E-state index in [1.165, 1.54) is 52.7 Å². The third kappa shape index (κ3) is 9.89. The van der Waals surface area contributed by atoms with Crippen LogP contribution >= 0.6 is 0 Å². The van der Waals surface area contributed by atoms with E-state index in [1.54, 1.807) is 27.7 Å². The first-order valence-electron chi connectivity index (χ1n) is 17.3. The minimum absolute atomic E-state index is 0.0148. The van der Waals surface area contributed by atoms with Gasteiger partial charge >= 0.3 is 18.0 Å². The summed E-state index contributed by atoms with van der Waals surface area (Å²) >= 11 is 0. The molecule has 15 nitrogen and oxygen atoms in total. The third-order valence-corrected chi connectivity index (χ3v) is 9.97. The lowest BCUT2D eigenvalue weighted by molar-refractivity contribution is -0.295. The molecule has 2 aliphatic heterocycles. The Morgan fingerprint density at radius 2 is 1.80 bits per heavy atom. The van der Waals surface area contributed by atoms with E-state index in [1.807, 2.05) is 25.9 Å². The van der Waals surface area contributed by atoms with Gasteiger partial charge in [-0.1, -0.05) is 20.8 Å². The van der Waals surface area contributed by atoms with Crippen molar-refractivity contribution in [1.82, 2.24) is 14.5 Å². The van der Waals surface area contributed by atoms with Crippen molar-refractivity contribution < 1.29 is 57.5 Å². The average Bonchev–Trinajstić information content (AvgIpc) is 3.62. The number of esters is 2. The lowest BCUT2D eigenvalue weighted by Gasteiger charge is -2.46. The number of carbonyl (C=O) groups is 5. The molecule has 0 radical (unpaired) electrons. The Kier molecular flexibility index (Phi) is 14.3. The lowest BCUT2D eigenvalue weighted by atomic mass is 9.76. The van der Waals surface area contributed by atoms with E-state index in [-0.39, 0.29) is 30.6 Å². The summed E-state index contributed by atoms with van der Waals surface area (Å²) in [6, 6.07) is -0.316. The van der Waals surface area contributed by atoms with Crippen LogP contribution in [0, 0.1) is 17.8 Å². The monoisotopic (exact) mass is 721 g/mol. The fourth-order valence-corrected chi connectivity index (χ4v) is 6.94. The van der Waals surface area contributed by atoms with Gasteiger partial charge in [0.15, 0.2) is 23.5 Å². The molecular formula is C36H55N3O12. The average molecular weight is 722 g/mol. The van der Waals surface area contributed by atoms with Crippen LogP contribution in [-0.4, -0.2) is 125 Å². The fourth-order valence-electron chi connectivity index (χ4n) is 6.94. The van der Waals surface area contributed by atoms with E-state index in [9.17, 15) is 29.1 Å². The number of hydrogen-bond acceptors (Lipinski definition) is 14. The normalized spacial score (nSPS) is 36.8. The minimum atomic E-state index is -1.78. The number of cyclic esters (lactones) is 1. The molecule has 0 aromatic carbocycles. The van der Waals surface area contributed by atoms with Crippen molar-refractivity contribution in [1.29, 1.82) is 0 Å². The van der Waals surface area contributed by atoms with Crippen LogP contribution in [0.15, 0.2) is 30.4 Å². The minimum Gasteiger partial charge on any atom is -0.461 e. The van der Waals surface area contributed by atoms with Gasteiger partial charge in [-0.3, -0.25) is 19.2 Å². The molecule has 11 atom stereocenters. The Labute approximate surface area is 299 Å². The molecule has 0 aliphatic carbocycles. The number of carbonyl (C=O) groups excluding carboxylic acids is 5. The van der Waals surface area contributed by atoms with Gasteiger partial charge in [0.2, 0.25) is 0 Å². The van der Waals surface area contributed by atoms with Gasteiger partial charge in [-0.2, -0.15) is 0 Å². The third-order valence-electron chi connectivity index (χ3n) is 9.97. The molecule has 3 heterocycles. The van der Waals surface area contributed by atoms with Crippen LogP contribution in [0.4, 0.5) is 4.79 Å². The van der Waals surface area contributed by atoms with Gasteiger partial charge in [-0.05, 0) is 67.1 Å². The molecule has 0 bridgehead atoms. The number of aliphatic hydroxyl groups is 1. The Morgan fingerprint density at radius 3 is 2.35 bits per heavy atom. The Morgan fingerprint density at radius 1 is 1.14 bits per heavy atom. The SMILES string of the molecule is CC[C@H]1OC(=O)[C@H](C)C(=O)[C@H](C)[C@@H](OC2O[C@H](C)C[C@H](N(C)C)[C@H]2O)[C@@](C)(OC)C[C@@H](C)C(=O)/C(COC(C)=O)=C/[C@]1(C)OC(=O)n1ccnc1. The van der Waals surface area contributed by atoms with Crippen molar-refractivity contribution in [2.45, 2.75) is 123 Å². The van der Waals surface area contributed by atoms with Crippen LogP contribution in [0.1, 0.15) is 74.7 Å². The molecule has 0 amide bonds. The van der Waals surface area contributed by atoms with Crippen molar-refractivity contribution in [2.24, 2.45) is 17.8 Å². The Hall–Kier alpha value is -3.50. The van der Waals surface area contributed by atoms with E-state index in [2.05, 4.69) is 4.98 Å². The second-order valence-corrected chi connectivity index (χ2v) is 14.3. The van der Waals surface area contributed by atoms with Gasteiger partial charge in [-0.15, -0.1) is 0 Å². The smallest absolute Gasteiger partial charge is 0.420 e. The second kappa shape index (κ2) is 17.3. The zero-order chi connectivity index (χ0) is 38.4. The zero-order valence-corrected chi connectivity index (χ0v) is 31.6. The Bertz CT molecular complexity index is 1430. The van der Waals surface area contributed by atoms with E-state index in [4.69, 9.17) is 28.4 Å². The van der Waals surface area contributed by atoms with Gasteiger partial charge in [0.05, 0.1) is 17.8 Å². The number of likely N-dealkylation sites (N-methyl/N-ethyl adjacent to an activating group) is 1. The maximum absolute atomic E-state index is 14.3. The second-order valence-electron chi connectivity index (χ2n) is 14.3. The summed E-state index contributed by atoms with van der Waals surface area (Å²) in [6.07, 6.45) is 0.175. The van der Waals surface area contributed by atoms with Crippen LogP contribution in [0.5, 0.6) is 0 Å². The standard InChI is InChI=1S/C36H55N3O12/c1-12-27-35(7,51-34(45)39-14-13-37-19-39)17-25(18-47-24(6)40)28(41)20(2)16-36(8,46-11)31(22(4)29(42)23(5)32(44)49-27)50-33-30(43)26(38(9)10)15-21(3)48-33/h13-14,17,19-23,26-27,30-31,33,43H,12,15-16,18H2,1-11H3/b25-17+/t20-,21-,22+,23-,26+,27-,30-,31-,33?,35+,36+/m1/s1. The predicted molar refractivity (Wildman–Crippen MR) is 182 cm³/mol. The first-order valence-corrected chi connectivity index (χ1v) is 17.3. The summed E-state index contributed by atoms with van der Waals surface area (Å²) in [5.74, 6) is -5.76. The molecule has 1 aromatic heterocycles. The topological polar surface area (TPSA) is 182 Å². The number of aromatic nitrogens is 2. The van der Waals surface area contributed by atoms with Gasteiger partial charge in [-0.25, -0.2) is 14.3 Å². The van der Waals surface area contributed by atoms with Crippen LogP contribution in [-0.2, 0) is 47.6 Å². The quantitative estimate of drug-likeness (QED) is 0.235. The van der Waals surface area contributed by atoms with E-state index < -0.39 is 89.8 Å². The van der Waals surface area contributed by atoms with Gasteiger partial charge < -0.3 is 38.4 Å². The zero-order valence-electron chi connectivity index (χ0n) is 31.6. The molecule has 0 saturated carbocycles. The molecule has 1 aromatic rings. The van der Waals surface area contributed by atoms with E-state index in [0.29, 0.717) is 6.42 Å². The van der Waals surface area contributed by atoms with Crippen molar-refractivity contribution in [3.8, 4) is 0 Å². The van der Waals surface area contributed by atoms with Gasteiger partial charge in [0.1, 0.15) is 31.1 Å². The number of rotatable bonds is 8. The number of ketones is 2. The van der Waals surface area contributed by atoms with Gasteiger partial charge in [0, 0.05) is 49.9 Å². The molecule has 286 valence electrons. The molecule has 15 heteroatoms. The number of aliphatic hydroxyl groups excluding tert-OH is 1. The van der Waals surface area contributed by atoms with Crippen LogP contribution < -0.4 is 0 Å².